The lowest BCUT2D eigenvalue weighted by Crippen LogP contribution is -2.41. The standard InChI is InChI=1S/C19H28ClNO2Si/c1-19(2,3)24(5,6)23-14-13-22-17-10-8-7-9-15(17)16-11-12-18(20)21(16)4/h7-12H,13-14H2,1-6H3. The Bertz CT molecular complexity index is 689. The smallest absolute Gasteiger partial charge is 0.192 e. The third-order valence-electron chi connectivity index (χ3n) is 4.83. The molecule has 2 aromatic rings. The van der Waals surface area contributed by atoms with E-state index in [1.807, 2.05) is 41.9 Å². The summed E-state index contributed by atoms with van der Waals surface area (Å²) in [4.78, 5) is 0. The SMILES string of the molecule is Cn1c(Cl)ccc1-c1ccccc1OCCO[Si](C)(C)C(C)(C)C. The quantitative estimate of drug-likeness (QED) is 0.480. The van der Waals surface area contributed by atoms with Crippen molar-refractivity contribution in [2.75, 3.05) is 13.2 Å². The molecule has 132 valence electrons. The maximum atomic E-state index is 6.18. The van der Waals surface area contributed by atoms with Gasteiger partial charge in [0.05, 0.1) is 12.3 Å². The van der Waals surface area contributed by atoms with Gasteiger partial charge in [0.25, 0.3) is 0 Å². The van der Waals surface area contributed by atoms with Gasteiger partial charge in [-0.1, -0.05) is 44.5 Å². The van der Waals surface area contributed by atoms with E-state index in [0.29, 0.717) is 18.4 Å². The fraction of sp³-hybridized carbons (Fsp3) is 0.474. The van der Waals surface area contributed by atoms with Gasteiger partial charge in [-0.05, 0) is 42.4 Å². The zero-order valence-electron chi connectivity index (χ0n) is 15.5. The molecule has 1 aromatic carbocycles. The van der Waals surface area contributed by atoms with Crippen LogP contribution in [0.1, 0.15) is 20.8 Å². The molecule has 0 aliphatic rings. The van der Waals surface area contributed by atoms with Crippen LogP contribution in [0.15, 0.2) is 36.4 Å². The topological polar surface area (TPSA) is 23.4 Å². The molecule has 0 N–H and O–H groups in total. The van der Waals surface area contributed by atoms with Crippen LogP contribution >= 0.6 is 11.6 Å². The first-order valence-electron chi connectivity index (χ1n) is 8.31. The molecule has 0 saturated carbocycles. The minimum absolute atomic E-state index is 0.213. The lowest BCUT2D eigenvalue weighted by Gasteiger charge is -2.36. The van der Waals surface area contributed by atoms with Crippen LogP contribution in [0.3, 0.4) is 0 Å². The minimum atomic E-state index is -1.73. The molecule has 0 bridgehead atoms. The molecule has 0 aliphatic heterocycles. The molecule has 2 rings (SSSR count). The summed E-state index contributed by atoms with van der Waals surface area (Å²) < 4.78 is 14.1. The largest absolute Gasteiger partial charge is 0.491 e. The molecule has 1 heterocycles. The van der Waals surface area contributed by atoms with E-state index in [1.54, 1.807) is 0 Å². The number of hydrogen-bond acceptors (Lipinski definition) is 2. The molecule has 0 unspecified atom stereocenters. The zero-order valence-corrected chi connectivity index (χ0v) is 17.3. The fourth-order valence-electron chi connectivity index (χ4n) is 2.23. The van der Waals surface area contributed by atoms with Crippen LogP contribution in [0.2, 0.25) is 23.3 Å². The molecule has 5 heteroatoms. The van der Waals surface area contributed by atoms with E-state index >= 15 is 0 Å². The van der Waals surface area contributed by atoms with Gasteiger partial charge in [-0.25, -0.2) is 0 Å². The highest BCUT2D eigenvalue weighted by Crippen LogP contribution is 2.36. The molecular weight excluding hydrogens is 338 g/mol. The van der Waals surface area contributed by atoms with Gasteiger partial charge >= 0.3 is 0 Å². The molecule has 0 amide bonds. The summed E-state index contributed by atoms with van der Waals surface area (Å²) in [5, 5.41) is 0.922. The Hall–Kier alpha value is -1.23. The normalized spacial score (nSPS) is 12.5. The molecule has 0 spiro atoms. The van der Waals surface area contributed by atoms with E-state index in [1.165, 1.54) is 0 Å². The maximum absolute atomic E-state index is 6.18. The summed E-state index contributed by atoms with van der Waals surface area (Å²) in [7, 11) is 0.226. The molecule has 1 aromatic heterocycles. The van der Waals surface area contributed by atoms with E-state index in [9.17, 15) is 0 Å². The Labute approximate surface area is 151 Å². The van der Waals surface area contributed by atoms with Crippen molar-refractivity contribution in [2.45, 2.75) is 38.9 Å². The van der Waals surface area contributed by atoms with Crippen LogP contribution < -0.4 is 4.74 Å². The molecule has 3 nitrogen and oxygen atoms in total. The van der Waals surface area contributed by atoms with Crippen molar-refractivity contribution in [2.24, 2.45) is 7.05 Å². The Morgan fingerprint density at radius 2 is 1.71 bits per heavy atom. The third-order valence-corrected chi connectivity index (χ3v) is 9.75. The highest BCUT2D eigenvalue weighted by atomic mass is 35.5. The van der Waals surface area contributed by atoms with Crippen molar-refractivity contribution in [3.05, 3.63) is 41.6 Å². The third kappa shape index (κ3) is 4.24. The van der Waals surface area contributed by atoms with Crippen molar-refractivity contribution in [1.29, 1.82) is 0 Å². The molecule has 0 radical (unpaired) electrons. The van der Waals surface area contributed by atoms with Crippen molar-refractivity contribution in [3.63, 3.8) is 0 Å². The number of nitrogens with zero attached hydrogens (tertiary/aromatic N) is 1. The molecule has 0 saturated heterocycles. The minimum Gasteiger partial charge on any atom is -0.491 e. The summed E-state index contributed by atoms with van der Waals surface area (Å²) in [6.07, 6.45) is 0. The van der Waals surface area contributed by atoms with Crippen molar-refractivity contribution in [1.82, 2.24) is 4.57 Å². The van der Waals surface area contributed by atoms with Crippen LogP contribution in [0.25, 0.3) is 11.3 Å². The first-order chi connectivity index (χ1) is 11.1. The summed E-state index contributed by atoms with van der Waals surface area (Å²) in [5.74, 6) is 0.856. The van der Waals surface area contributed by atoms with Crippen LogP contribution in [0.4, 0.5) is 0 Å². The average molecular weight is 366 g/mol. The van der Waals surface area contributed by atoms with Crippen molar-refractivity contribution in [3.8, 4) is 17.0 Å². The number of hydrogen-bond donors (Lipinski definition) is 0. The first-order valence-corrected chi connectivity index (χ1v) is 11.6. The van der Waals surface area contributed by atoms with E-state index in [-0.39, 0.29) is 5.04 Å². The Balaban J connectivity index is 2.03. The molecule has 0 atom stereocenters. The van der Waals surface area contributed by atoms with E-state index in [2.05, 4.69) is 39.9 Å². The average Bonchev–Trinajstić information content (AvgIpc) is 2.83. The molecular formula is C19H28ClNO2Si. The summed E-state index contributed by atoms with van der Waals surface area (Å²) in [5.41, 5.74) is 2.08. The van der Waals surface area contributed by atoms with Crippen molar-refractivity contribution >= 4 is 19.9 Å². The maximum Gasteiger partial charge on any atom is 0.192 e. The highest BCUT2D eigenvalue weighted by Gasteiger charge is 2.36. The van der Waals surface area contributed by atoms with Gasteiger partial charge in [0.2, 0.25) is 0 Å². The second kappa shape index (κ2) is 7.34. The van der Waals surface area contributed by atoms with Crippen LogP contribution in [0, 0.1) is 0 Å². The van der Waals surface area contributed by atoms with Crippen LogP contribution in [0.5, 0.6) is 5.75 Å². The van der Waals surface area contributed by atoms with Gasteiger partial charge in [-0.15, -0.1) is 0 Å². The van der Waals surface area contributed by atoms with Gasteiger partial charge < -0.3 is 13.7 Å². The summed E-state index contributed by atoms with van der Waals surface area (Å²) in [6, 6.07) is 11.9. The first kappa shape index (κ1) is 19.1. The molecule has 0 fully saturated rings. The second-order valence-electron chi connectivity index (χ2n) is 7.55. The number of benzene rings is 1. The van der Waals surface area contributed by atoms with E-state index < -0.39 is 8.32 Å². The van der Waals surface area contributed by atoms with Crippen molar-refractivity contribution < 1.29 is 9.16 Å². The Morgan fingerprint density at radius 3 is 2.29 bits per heavy atom. The summed E-state index contributed by atoms with van der Waals surface area (Å²) >= 11 is 6.16. The number of rotatable bonds is 6. The summed E-state index contributed by atoms with van der Waals surface area (Å²) in [6.45, 7) is 12.4. The molecule has 24 heavy (non-hydrogen) atoms. The lowest BCUT2D eigenvalue weighted by molar-refractivity contribution is 0.204. The number of ether oxygens (including phenoxy) is 1. The lowest BCUT2D eigenvalue weighted by atomic mass is 10.1. The predicted octanol–water partition coefficient (Wildman–Crippen LogP) is 5.75. The van der Waals surface area contributed by atoms with Gasteiger partial charge in [0.1, 0.15) is 17.5 Å². The zero-order chi connectivity index (χ0) is 18.0. The van der Waals surface area contributed by atoms with E-state index in [0.717, 1.165) is 17.0 Å². The van der Waals surface area contributed by atoms with Crippen LogP contribution in [-0.4, -0.2) is 26.1 Å². The van der Waals surface area contributed by atoms with Gasteiger partial charge in [-0.3, -0.25) is 0 Å². The predicted molar refractivity (Wildman–Crippen MR) is 105 cm³/mol. The van der Waals surface area contributed by atoms with E-state index in [4.69, 9.17) is 20.8 Å². The highest BCUT2D eigenvalue weighted by molar-refractivity contribution is 6.74. The monoisotopic (exact) mass is 365 g/mol. The number of aromatic nitrogens is 1. The second-order valence-corrected chi connectivity index (χ2v) is 12.8. The Morgan fingerprint density at radius 1 is 1.04 bits per heavy atom. The number of halogens is 1. The van der Waals surface area contributed by atoms with Gasteiger partial charge in [0.15, 0.2) is 8.32 Å². The van der Waals surface area contributed by atoms with Crippen LogP contribution in [-0.2, 0) is 11.5 Å². The fourth-order valence-corrected chi connectivity index (χ4v) is 3.41. The van der Waals surface area contributed by atoms with Gasteiger partial charge in [0, 0.05) is 12.6 Å². The van der Waals surface area contributed by atoms with Gasteiger partial charge in [-0.2, -0.15) is 0 Å². The number of para-hydroxylation sites is 1. The Kier molecular flexibility index (Phi) is 5.84. The molecule has 0 aliphatic carbocycles.